The highest BCUT2D eigenvalue weighted by Crippen LogP contribution is 2.29. The van der Waals surface area contributed by atoms with Crippen molar-refractivity contribution in [3.63, 3.8) is 0 Å². The summed E-state index contributed by atoms with van der Waals surface area (Å²) in [4.78, 5) is 38.9. The van der Waals surface area contributed by atoms with Crippen LogP contribution in [0.3, 0.4) is 0 Å². The normalized spacial score (nSPS) is 14.8. The highest BCUT2D eigenvalue weighted by molar-refractivity contribution is 7.22. The van der Waals surface area contributed by atoms with Crippen LogP contribution in [0.2, 0.25) is 0 Å². The van der Waals surface area contributed by atoms with Crippen LogP contribution in [0, 0.1) is 20.8 Å². The number of anilines is 1. The minimum atomic E-state index is -0.186. The van der Waals surface area contributed by atoms with Crippen molar-refractivity contribution in [2.75, 3.05) is 44.3 Å². The number of thiazole rings is 1. The second-order valence-corrected chi connectivity index (χ2v) is 8.86. The van der Waals surface area contributed by atoms with Crippen molar-refractivity contribution in [1.29, 1.82) is 0 Å². The van der Waals surface area contributed by atoms with E-state index in [9.17, 15) is 9.59 Å². The van der Waals surface area contributed by atoms with Crippen molar-refractivity contribution in [3.05, 3.63) is 51.7 Å². The lowest BCUT2D eigenvalue weighted by atomic mass is 10.2. The Morgan fingerprint density at radius 1 is 1.23 bits per heavy atom. The van der Waals surface area contributed by atoms with Gasteiger partial charge in [-0.15, -0.1) is 0 Å². The molecule has 0 N–H and O–H groups in total. The molecule has 3 heterocycles. The second kappa shape index (κ2) is 9.25. The van der Waals surface area contributed by atoms with E-state index in [0.717, 1.165) is 35.4 Å². The molecule has 0 saturated carbocycles. The van der Waals surface area contributed by atoms with Crippen LogP contribution < -0.4 is 10.5 Å². The summed E-state index contributed by atoms with van der Waals surface area (Å²) >= 11 is 1.50. The van der Waals surface area contributed by atoms with E-state index in [1.54, 1.807) is 18.7 Å². The standard InChI is InChI=1S/C22H27N5O3S/c1-15-4-5-18-19(12-15)31-22(24-18)27(7-6-25-8-10-30-11-9-25)20(28)13-26-14-23-17(3)16(2)21(26)29/h4-5,12,14H,6-11,13H2,1-3H3. The van der Waals surface area contributed by atoms with Crippen LogP contribution in [-0.4, -0.2) is 64.7 Å². The lowest BCUT2D eigenvalue weighted by Crippen LogP contribution is -2.44. The molecule has 3 aromatic rings. The zero-order chi connectivity index (χ0) is 22.0. The number of ether oxygens (including phenoxy) is 1. The molecule has 0 bridgehead atoms. The summed E-state index contributed by atoms with van der Waals surface area (Å²) in [7, 11) is 0. The fourth-order valence-corrected chi connectivity index (χ4v) is 4.65. The number of rotatable bonds is 6. The van der Waals surface area contributed by atoms with Crippen molar-refractivity contribution < 1.29 is 9.53 Å². The number of hydrogen-bond donors (Lipinski definition) is 0. The summed E-state index contributed by atoms with van der Waals surface area (Å²) in [6, 6.07) is 6.08. The maximum Gasteiger partial charge on any atom is 0.256 e. The molecule has 0 aliphatic carbocycles. The third-order valence-electron chi connectivity index (χ3n) is 5.63. The molecule has 0 spiro atoms. The van der Waals surface area contributed by atoms with Crippen molar-refractivity contribution in [2.24, 2.45) is 0 Å². The molecule has 164 valence electrons. The van der Waals surface area contributed by atoms with Gasteiger partial charge in [0.25, 0.3) is 5.56 Å². The van der Waals surface area contributed by atoms with E-state index in [0.29, 0.717) is 36.1 Å². The molecule has 4 rings (SSSR count). The highest BCUT2D eigenvalue weighted by Gasteiger charge is 2.22. The minimum Gasteiger partial charge on any atom is -0.379 e. The van der Waals surface area contributed by atoms with E-state index >= 15 is 0 Å². The molecule has 1 aliphatic rings. The zero-order valence-electron chi connectivity index (χ0n) is 18.1. The fourth-order valence-electron chi connectivity index (χ4n) is 3.55. The summed E-state index contributed by atoms with van der Waals surface area (Å²) in [6.07, 6.45) is 1.45. The Kier molecular flexibility index (Phi) is 6.45. The molecule has 0 atom stereocenters. The Balaban J connectivity index is 1.61. The van der Waals surface area contributed by atoms with Crippen LogP contribution >= 0.6 is 11.3 Å². The predicted octanol–water partition coefficient (Wildman–Crippen LogP) is 2.14. The van der Waals surface area contributed by atoms with Gasteiger partial charge in [-0.3, -0.25) is 24.0 Å². The average molecular weight is 442 g/mol. The van der Waals surface area contributed by atoms with Crippen molar-refractivity contribution >= 4 is 32.6 Å². The van der Waals surface area contributed by atoms with E-state index in [1.165, 1.54) is 22.2 Å². The molecular formula is C22H27N5O3S. The number of aromatic nitrogens is 3. The predicted molar refractivity (Wildman–Crippen MR) is 122 cm³/mol. The van der Waals surface area contributed by atoms with Crippen LogP contribution in [0.5, 0.6) is 0 Å². The number of aryl methyl sites for hydroxylation is 2. The van der Waals surface area contributed by atoms with E-state index in [4.69, 9.17) is 9.72 Å². The third-order valence-corrected chi connectivity index (χ3v) is 6.67. The number of nitrogens with zero attached hydrogens (tertiary/aromatic N) is 5. The maximum absolute atomic E-state index is 13.3. The first-order valence-electron chi connectivity index (χ1n) is 10.4. The first-order valence-corrected chi connectivity index (χ1v) is 11.2. The molecule has 9 heteroatoms. The van der Waals surface area contributed by atoms with Gasteiger partial charge in [0.05, 0.1) is 29.8 Å². The summed E-state index contributed by atoms with van der Waals surface area (Å²) in [5.41, 5.74) is 3.08. The van der Waals surface area contributed by atoms with Gasteiger partial charge in [-0.25, -0.2) is 9.97 Å². The Labute approximate surface area is 185 Å². The van der Waals surface area contributed by atoms with E-state index in [1.807, 2.05) is 19.1 Å². The van der Waals surface area contributed by atoms with Crippen molar-refractivity contribution in [3.8, 4) is 0 Å². The summed E-state index contributed by atoms with van der Waals surface area (Å²) < 4.78 is 7.85. The molecule has 2 aromatic heterocycles. The largest absolute Gasteiger partial charge is 0.379 e. The van der Waals surface area contributed by atoms with Gasteiger partial charge in [-0.1, -0.05) is 17.4 Å². The van der Waals surface area contributed by atoms with Crippen LogP contribution in [-0.2, 0) is 16.1 Å². The molecule has 1 aliphatic heterocycles. The lowest BCUT2D eigenvalue weighted by Gasteiger charge is -2.29. The fraction of sp³-hybridized carbons (Fsp3) is 0.455. The molecule has 0 radical (unpaired) electrons. The molecule has 8 nitrogen and oxygen atoms in total. The number of hydrogen-bond acceptors (Lipinski definition) is 7. The van der Waals surface area contributed by atoms with Crippen LogP contribution in [0.4, 0.5) is 5.13 Å². The number of carbonyl (C=O) groups excluding carboxylic acids is 1. The highest BCUT2D eigenvalue weighted by atomic mass is 32.1. The molecule has 31 heavy (non-hydrogen) atoms. The second-order valence-electron chi connectivity index (χ2n) is 7.86. The van der Waals surface area contributed by atoms with Gasteiger partial charge >= 0.3 is 0 Å². The van der Waals surface area contributed by atoms with Gasteiger partial charge in [-0.2, -0.15) is 0 Å². The molecule has 1 fully saturated rings. The SMILES string of the molecule is Cc1ccc2nc(N(CCN3CCOCC3)C(=O)Cn3cnc(C)c(C)c3=O)sc2c1. The van der Waals surface area contributed by atoms with Gasteiger partial charge in [0.15, 0.2) is 5.13 Å². The van der Waals surface area contributed by atoms with Gasteiger partial charge in [0, 0.05) is 37.4 Å². The number of morpholine rings is 1. The topological polar surface area (TPSA) is 80.6 Å². The van der Waals surface area contributed by atoms with E-state index in [-0.39, 0.29) is 18.0 Å². The molecule has 1 aromatic carbocycles. The Hall–Kier alpha value is -2.62. The van der Waals surface area contributed by atoms with E-state index in [2.05, 4.69) is 16.0 Å². The molecular weight excluding hydrogens is 414 g/mol. The van der Waals surface area contributed by atoms with E-state index < -0.39 is 0 Å². The van der Waals surface area contributed by atoms with Crippen molar-refractivity contribution in [2.45, 2.75) is 27.3 Å². The summed E-state index contributed by atoms with van der Waals surface area (Å²) in [5, 5.41) is 0.656. The molecule has 1 amide bonds. The zero-order valence-corrected chi connectivity index (χ0v) is 18.9. The number of fused-ring (bicyclic) bond motifs is 1. The molecule has 0 unspecified atom stereocenters. The Morgan fingerprint density at radius 3 is 2.77 bits per heavy atom. The average Bonchev–Trinajstić information content (AvgIpc) is 3.17. The van der Waals surface area contributed by atoms with Crippen LogP contribution in [0.1, 0.15) is 16.8 Å². The van der Waals surface area contributed by atoms with Gasteiger partial charge < -0.3 is 4.74 Å². The number of carbonyl (C=O) groups is 1. The first kappa shape index (κ1) is 21.6. The molecule has 1 saturated heterocycles. The quantitative estimate of drug-likeness (QED) is 0.583. The smallest absolute Gasteiger partial charge is 0.256 e. The Bertz CT molecular complexity index is 1150. The van der Waals surface area contributed by atoms with Crippen molar-refractivity contribution in [1.82, 2.24) is 19.4 Å². The lowest BCUT2D eigenvalue weighted by molar-refractivity contribution is -0.119. The minimum absolute atomic E-state index is 0.0645. The maximum atomic E-state index is 13.3. The Morgan fingerprint density at radius 2 is 2.00 bits per heavy atom. The monoisotopic (exact) mass is 441 g/mol. The summed E-state index contributed by atoms with van der Waals surface area (Å²) in [6.45, 7) is 9.84. The summed E-state index contributed by atoms with van der Waals surface area (Å²) in [5.74, 6) is -0.170. The number of benzene rings is 1. The van der Waals surface area contributed by atoms with Gasteiger partial charge in [-0.05, 0) is 38.5 Å². The van der Waals surface area contributed by atoms with Crippen LogP contribution in [0.25, 0.3) is 10.2 Å². The van der Waals surface area contributed by atoms with Crippen LogP contribution in [0.15, 0.2) is 29.3 Å². The van der Waals surface area contributed by atoms with Gasteiger partial charge in [0.2, 0.25) is 5.91 Å². The number of amides is 1. The first-order chi connectivity index (χ1) is 14.9. The van der Waals surface area contributed by atoms with Gasteiger partial charge in [0.1, 0.15) is 6.54 Å². The third kappa shape index (κ3) is 4.84.